The van der Waals surface area contributed by atoms with Crippen LogP contribution in [0.15, 0.2) is 91.5 Å². The van der Waals surface area contributed by atoms with E-state index in [1.165, 1.54) is 11.0 Å². The van der Waals surface area contributed by atoms with Gasteiger partial charge in [0.2, 0.25) is 5.91 Å². The van der Waals surface area contributed by atoms with Crippen molar-refractivity contribution in [3.05, 3.63) is 113 Å². The quantitative estimate of drug-likeness (QED) is 0.354. The van der Waals surface area contributed by atoms with Crippen LogP contribution >= 0.6 is 11.6 Å². The summed E-state index contributed by atoms with van der Waals surface area (Å²) in [5.41, 5.74) is 1.07. The molecule has 4 rings (SSSR count). The number of hydrogen-bond donors (Lipinski definition) is 1. The molecule has 7 heteroatoms. The van der Waals surface area contributed by atoms with Crippen molar-refractivity contribution in [1.29, 1.82) is 0 Å². The molecular weight excluding hydrogens is 465 g/mol. The van der Waals surface area contributed by atoms with E-state index >= 15 is 0 Å². The topological polar surface area (TPSA) is 58.4 Å². The third kappa shape index (κ3) is 5.61. The number of hydrogen-bond acceptors (Lipinski definition) is 3. The van der Waals surface area contributed by atoms with E-state index in [4.69, 9.17) is 11.6 Å². The van der Waals surface area contributed by atoms with Crippen molar-refractivity contribution in [2.75, 3.05) is 13.6 Å². The summed E-state index contributed by atoms with van der Waals surface area (Å²) in [6.45, 7) is 1.97. The summed E-state index contributed by atoms with van der Waals surface area (Å²) < 4.78 is 16.7. The monoisotopic (exact) mass is 491 g/mol. The Morgan fingerprint density at radius 3 is 2.49 bits per heavy atom. The number of likely N-dealkylation sites (N-methyl/N-ethyl adjacent to an activating group) is 1. The van der Waals surface area contributed by atoms with E-state index < -0.39 is 11.5 Å². The van der Waals surface area contributed by atoms with Gasteiger partial charge in [-0.3, -0.25) is 4.79 Å². The summed E-state index contributed by atoms with van der Waals surface area (Å²) in [4.78, 5) is 18.9. The molecular formula is C28H27ClFN3O2. The minimum absolute atomic E-state index is 0.0283. The number of nitrogens with zero attached hydrogens (tertiary/aromatic N) is 3. The maximum atomic E-state index is 14.9. The van der Waals surface area contributed by atoms with Crippen LogP contribution < -0.4 is 0 Å². The molecule has 0 fully saturated rings. The molecule has 0 saturated heterocycles. The summed E-state index contributed by atoms with van der Waals surface area (Å²) in [7, 11) is 1.64. The Kier molecular flexibility index (Phi) is 7.34. The molecule has 1 N–H and O–H groups in total. The molecule has 35 heavy (non-hydrogen) atoms. The normalized spacial score (nSPS) is 13.7. The average molecular weight is 492 g/mol. The zero-order chi connectivity index (χ0) is 25.0. The second-order valence-corrected chi connectivity index (χ2v) is 9.23. The van der Waals surface area contributed by atoms with Gasteiger partial charge >= 0.3 is 0 Å². The van der Waals surface area contributed by atoms with Crippen molar-refractivity contribution < 1.29 is 14.3 Å². The molecule has 0 spiro atoms. The number of benzene rings is 3. The van der Waals surface area contributed by atoms with Crippen molar-refractivity contribution in [1.82, 2.24) is 14.5 Å². The van der Waals surface area contributed by atoms with Crippen molar-refractivity contribution in [3.8, 4) is 11.1 Å². The third-order valence-electron chi connectivity index (χ3n) is 6.21. The Labute approximate surface area is 209 Å². The lowest BCUT2D eigenvalue weighted by Gasteiger charge is -2.34. The highest BCUT2D eigenvalue weighted by Gasteiger charge is 2.34. The lowest BCUT2D eigenvalue weighted by molar-refractivity contribution is -0.135. The first-order chi connectivity index (χ1) is 16.8. The van der Waals surface area contributed by atoms with Gasteiger partial charge in [-0.25, -0.2) is 9.37 Å². The Balaban J connectivity index is 1.55. The molecule has 4 aromatic rings. The van der Waals surface area contributed by atoms with E-state index in [0.717, 1.165) is 5.56 Å². The molecule has 180 valence electrons. The Morgan fingerprint density at radius 2 is 1.86 bits per heavy atom. The minimum atomic E-state index is -1.39. The van der Waals surface area contributed by atoms with E-state index in [2.05, 4.69) is 4.98 Å². The van der Waals surface area contributed by atoms with E-state index in [1.807, 2.05) is 30.3 Å². The van der Waals surface area contributed by atoms with Crippen LogP contribution in [0.3, 0.4) is 0 Å². The molecule has 3 aromatic carbocycles. The predicted molar refractivity (Wildman–Crippen MR) is 135 cm³/mol. The van der Waals surface area contributed by atoms with Crippen LogP contribution in [0.1, 0.15) is 24.0 Å². The van der Waals surface area contributed by atoms with E-state index in [-0.39, 0.29) is 24.8 Å². The van der Waals surface area contributed by atoms with Crippen LogP contribution in [0, 0.1) is 5.82 Å². The number of rotatable bonds is 8. The second-order valence-electron chi connectivity index (χ2n) is 8.79. The first-order valence-corrected chi connectivity index (χ1v) is 11.7. The van der Waals surface area contributed by atoms with Crippen LogP contribution in [-0.4, -0.2) is 39.1 Å². The largest absolute Gasteiger partial charge is 0.381 e. The molecule has 0 saturated carbocycles. The van der Waals surface area contributed by atoms with Gasteiger partial charge in [-0.1, -0.05) is 66.2 Å². The Morgan fingerprint density at radius 1 is 1.14 bits per heavy atom. The second kappa shape index (κ2) is 10.4. The number of imidazole rings is 1. The zero-order valence-electron chi connectivity index (χ0n) is 19.6. The lowest BCUT2D eigenvalue weighted by Crippen LogP contribution is -2.45. The fourth-order valence-corrected chi connectivity index (χ4v) is 4.40. The molecule has 1 amide bonds. The summed E-state index contributed by atoms with van der Waals surface area (Å²) in [5.74, 6) is -1.20. The van der Waals surface area contributed by atoms with Crippen molar-refractivity contribution in [2.45, 2.75) is 25.0 Å². The summed E-state index contributed by atoms with van der Waals surface area (Å²) in [6.07, 6.45) is 5.00. The van der Waals surface area contributed by atoms with Crippen LogP contribution in [0.4, 0.5) is 4.39 Å². The van der Waals surface area contributed by atoms with Crippen LogP contribution in [-0.2, 0) is 16.9 Å². The summed E-state index contributed by atoms with van der Waals surface area (Å²) >= 11 is 6.04. The number of halogens is 2. The predicted octanol–water partition coefficient (Wildman–Crippen LogP) is 5.49. The zero-order valence-corrected chi connectivity index (χ0v) is 20.4. The van der Waals surface area contributed by atoms with Gasteiger partial charge in [0.05, 0.1) is 25.3 Å². The number of amides is 1. The standard InChI is InChI=1S/C28H27ClFN3O2/c1-20(22-8-13-25(26(30)16-22)21-6-4-3-5-7-21)27(34)32(2)17-28(35,18-33-15-14-31-19-33)23-9-11-24(29)12-10-23/h3-16,19-20,35H,17-18H2,1-2H3/t20-,28?/m0/s1. The van der Waals surface area contributed by atoms with Crippen LogP contribution in [0.25, 0.3) is 11.1 Å². The van der Waals surface area contributed by atoms with Gasteiger partial charge in [-0.05, 0) is 41.8 Å². The van der Waals surface area contributed by atoms with Crippen LogP contribution in [0.2, 0.25) is 5.02 Å². The fraction of sp³-hybridized carbons (Fsp3) is 0.214. The molecule has 0 radical (unpaired) electrons. The maximum absolute atomic E-state index is 14.9. The molecule has 0 bridgehead atoms. The molecule has 0 aliphatic heterocycles. The maximum Gasteiger partial charge on any atom is 0.229 e. The smallest absolute Gasteiger partial charge is 0.229 e. The molecule has 0 aliphatic carbocycles. The minimum Gasteiger partial charge on any atom is -0.381 e. The summed E-state index contributed by atoms with van der Waals surface area (Å²) in [6, 6.07) is 21.1. The van der Waals surface area contributed by atoms with Crippen molar-refractivity contribution in [3.63, 3.8) is 0 Å². The SMILES string of the molecule is C[C@H](C(=O)N(C)CC(O)(Cn1ccnc1)c1ccc(Cl)cc1)c1ccc(-c2ccccc2)c(F)c1. The molecule has 1 unspecified atom stereocenters. The van der Waals surface area contributed by atoms with E-state index in [0.29, 0.717) is 21.7 Å². The number of carbonyl (C=O) groups is 1. The molecule has 2 atom stereocenters. The first-order valence-electron chi connectivity index (χ1n) is 11.3. The highest BCUT2D eigenvalue weighted by molar-refractivity contribution is 6.30. The third-order valence-corrected chi connectivity index (χ3v) is 6.46. The molecule has 1 aromatic heterocycles. The van der Waals surface area contributed by atoms with Gasteiger partial charge in [-0.2, -0.15) is 0 Å². The fourth-order valence-electron chi connectivity index (χ4n) is 4.27. The van der Waals surface area contributed by atoms with Gasteiger partial charge in [0, 0.05) is 30.0 Å². The average Bonchev–Trinajstić information content (AvgIpc) is 3.36. The first kappa shape index (κ1) is 24.6. The van der Waals surface area contributed by atoms with E-state index in [9.17, 15) is 14.3 Å². The van der Waals surface area contributed by atoms with E-state index in [1.54, 1.807) is 73.7 Å². The van der Waals surface area contributed by atoms with Crippen LogP contribution in [0.5, 0.6) is 0 Å². The van der Waals surface area contributed by atoms with Gasteiger partial charge < -0.3 is 14.6 Å². The number of carbonyl (C=O) groups excluding carboxylic acids is 1. The van der Waals surface area contributed by atoms with Gasteiger partial charge in [0.25, 0.3) is 0 Å². The molecule has 0 aliphatic rings. The van der Waals surface area contributed by atoms with Crippen molar-refractivity contribution >= 4 is 17.5 Å². The summed E-state index contributed by atoms with van der Waals surface area (Å²) in [5, 5.41) is 12.2. The van der Waals surface area contributed by atoms with Gasteiger partial charge in [0.15, 0.2) is 0 Å². The van der Waals surface area contributed by atoms with Crippen molar-refractivity contribution in [2.24, 2.45) is 0 Å². The number of aliphatic hydroxyl groups is 1. The highest BCUT2D eigenvalue weighted by Crippen LogP contribution is 2.29. The lowest BCUT2D eigenvalue weighted by atomic mass is 9.91. The highest BCUT2D eigenvalue weighted by atomic mass is 35.5. The Hall–Kier alpha value is -3.48. The van der Waals surface area contributed by atoms with Gasteiger partial charge in [-0.15, -0.1) is 0 Å². The van der Waals surface area contributed by atoms with Gasteiger partial charge in [0.1, 0.15) is 11.4 Å². The number of aromatic nitrogens is 2. The molecule has 5 nitrogen and oxygen atoms in total. The Bertz CT molecular complexity index is 1280. The molecule has 1 heterocycles.